The zero-order valence-electron chi connectivity index (χ0n) is 11.4. The van der Waals surface area contributed by atoms with Gasteiger partial charge in [0.25, 0.3) is 0 Å². The molecule has 6 nitrogen and oxygen atoms in total. The van der Waals surface area contributed by atoms with Crippen LogP contribution in [0.5, 0.6) is 0 Å². The lowest BCUT2D eigenvalue weighted by Gasteiger charge is -2.04. The number of rotatable bonds is 3. The Balaban J connectivity index is 2.01. The van der Waals surface area contributed by atoms with Gasteiger partial charge in [0.15, 0.2) is 5.78 Å². The van der Waals surface area contributed by atoms with E-state index >= 15 is 0 Å². The fraction of sp³-hybridized carbons (Fsp3) is 0.0667. The predicted molar refractivity (Wildman–Crippen MR) is 79.0 cm³/mol. The van der Waals surface area contributed by atoms with E-state index in [9.17, 15) is 4.79 Å². The van der Waals surface area contributed by atoms with Crippen molar-refractivity contribution in [3.8, 4) is 17.1 Å². The Hall–Kier alpha value is -3.02. The molecule has 0 aliphatic heterocycles. The van der Waals surface area contributed by atoms with Crippen molar-refractivity contribution in [1.82, 2.24) is 20.2 Å². The number of anilines is 1. The van der Waals surface area contributed by atoms with Crippen LogP contribution in [0, 0.1) is 0 Å². The van der Waals surface area contributed by atoms with Gasteiger partial charge in [0.05, 0.1) is 5.69 Å². The topological polar surface area (TPSA) is 86.7 Å². The van der Waals surface area contributed by atoms with Crippen LogP contribution in [-0.4, -0.2) is 26.0 Å². The normalized spacial score (nSPS) is 10.5. The molecule has 0 fully saturated rings. The lowest BCUT2D eigenvalue weighted by molar-refractivity contribution is 0.101. The van der Waals surface area contributed by atoms with Crippen LogP contribution in [0.2, 0.25) is 0 Å². The number of hydrogen-bond acceptors (Lipinski definition) is 5. The minimum atomic E-state index is -0.0993. The summed E-state index contributed by atoms with van der Waals surface area (Å²) in [4.78, 5) is 12.9. The molecule has 2 aromatic carbocycles. The SMILES string of the molecule is CC(=O)c1cc(-n2nnc(-c3ccccc3)n2)ccc1N. The van der Waals surface area contributed by atoms with Gasteiger partial charge in [-0.25, -0.2) is 0 Å². The van der Waals surface area contributed by atoms with Crippen molar-refractivity contribution < 1.29 is 4.79 Å². The molecule has 2 N–H and O–H groups in total. The third kappa shape index (κ3) is 2.51. The highest BCUT2D eigenvalue weighted by Gasteiger charge is 2.10. The molecule has 0 aliphatic carbocycles. The summed E-state index contributed by atoms with van der Waals surface area (Å²) in [5, 5.41) is 12.4. The summed E-state index contributed by atoms with van der Waals surface area (Å²) >= 11 is 0. The number of Topliss-reactive ketones (excluding diaryl/α,β-unsaturated/α-hetero) is 1. The number of carbonyl (C=O) groups excluding carboxylic acids is 1. The average Bonchev–Trinajstić information content (AvgIpc) is 2.98. The Bertz CT molecular complexity index is 795. The first-order chi connectivity index (χ1) is 10.1. The van der Waals surface area contributed by atoms with Crippen LogP contribution in [0.15, 0.2) is 48.5 Å². The van der Waals surface area contributed by atoms with E-state index in [0.717, 1.165) is 5.56 Å². The second-order valence-corrected chi connectivity index (χ2v) is 4.60. The number of carbonyl (C=O) groups is 1. The zero-order chi connectivity index (χ0) is 14.8. The fourth-order valence-corrected chi connectivity index (χ4v) is 2.00. The molecule has 3 aromatic rings. The van der Waals surface area contributed by atoms with Crippen LogP contribution in [0.25, 0.3) is 17.1 Å². The van der Waals surface area contributed by atoms with Crippen LogP contribution in [0.1, 0.15) is 17.3 Å². The van der Waals surface area contributed by atoms with E-state index in [-0.39, 0.29) is 5.78 Å². The molecule has 0 radical (unpaired) electrons. The minimum absolute atomic E-state index is 0.0993. The summed E-state index contributed by atoms with van der Waals surface area (Å²) in [6.07, 6.45) is 0. The Kier molecular flexibility index (Phi) is 3.19. The highest BCUT2D eigenvalue weighted by molar-refractivity contribution is 5.99. The minimum Gasteiger partial charge on any atom is -0.398 e. The summed E-state index contributed by atoms with van der Waals surface area (Å²) in [7, 11) is 0. The van der Waals surface area contributed by atoms with Crippen molar-refractivity contribution >= 4 is 11.5 Å². The van der Waals surface area contributed by atoms with Gasteiger partial charge in [-0.05, 0) is 30.3 Å². The first-order valence-electron chi connectivity index (χ1n) is 6.41. The first kappa shape index (κ1) is 13.0. The van der Waals surface area contributed by atoms with E-state index in [1.807, 2.05) is 30.3 Å². The molecule has 1 heterocycles. The maximum Gasteiger partial charge on any atom is 0.205 e. The van der Waals surface area contributed by atoms with Crippen LogP contribution in [0.4, 0.5) is 5.69 Å². The van der Waals surface area contributed by atoms with Crippen LogP contribution in [0.3, 0.4) is 0 Å². The van der Waals surface area contributed by atoms with Crippen molar-refractivity contribution in [2.45, 2.75) is 6.92 Å². The van der Waals surface area contributed by atoms with Crippen molar-refractivity contribution in [3.05, 3.63) is 54.1 Å². The molecule has 0 amide bonds. The summed E-state index contributed by atoms with van der Waals surface area (Å²) in [6.45, 7) is 1.47. The number of hydrogen-bond donors (Lipinski definition) is 1. The van der Waals surface area contributed by atoms with Crippen molar-refractivity contribution in [2.75, 3.05) is 5.73 Å². The maximum atomic E-state index is 11.5. The highest BCUT2D eigenvalue weighted by Crippen LogP contribution is 2.18. The smallest absolute Gasteiger partial charge is 0.205 e. The van der Waals surface area contributed by atoms with Gasteiger partial charge in [-0.3, -0.25) is 4.79 Å². The molecule has 0 bridgehead atoms. The van der Waals surface area contributed by atoms with Crippen molar-refractivity contribution in [3.63, 3.8) is 0 Å². The average molecular weight is 279 g/mol. The number of benzene rings is 2. The summed E-state index contributed by atoms with van der Waals surface area (Å²) < 4.78 is 0. The second kappa shape index (κ2) is 5.16. The Labute approximate surface area is 121 Å². The van der Waals surface area contributed by atoms with Gasteiger partial charge in [0.1, 0.15) is 0 Å². The lowest BCUT2D eigenvalue weighted by Crippen LogP contribution is -2.04. The molecule has 104 valence electrons. The van der Waals surface area contributed by atoms with Crippen LogP contribution >= 0.6 is 0 Å². The maximum absolute atomic E-state index is 11.5. The number of aromatic nitrogens is 4. The Morgan fingerprint density at radius 2 is 1.90 bits per heavy atom. The Morgan fingerprint density at radius 1 is 1.14 bits per heavy atom. The molecular weight excluding hydrogens is 266 g/mol. The quantitative estimate of drug-likeness (QED) is 0.586. The molecule has 0 atom stereocenters. The van der Waals surface area contributed by atoms with Gasteiger partial charge < -0.3 is 5.73 Å². The van der Waals surface area contributed by atoms with E-state index in [4.69, 9.17) is 5.73 Å². The van der Waals surface area contributed by atoms with E-state index in [1.165, 1.54) is 11.7 Å². The fourth-order valence-electron chi connectivity index (χ4n) is 2.00. The molecule has 0 aliphatic rings. The molecule has 0 saturated heterocycles. The molecule has 0 spiro atoms. The lowest BCUT2D eigenvalue weighted by atomic mass is 10.1. The molecular formula is C15H13N5O. The van der Waals surface area contributed by atoms with Gasteiger partial charge in [-0.1, -0.05) is 30.3 Å². The van der Waals surface area contributed by atoms with Gasteiger partial charge in [0.2, 0.25) is 5.82 Å². The Morgan fingerprint density at radius 3 is 2.62 bits per heavy atom. The van der Waals surface area contributed by atoms with Gasteiger partial charge in [-0.15, -0.1) is 15.0 Å². The second-order valence-electron chi connectivity index (χ2n) is 4.60. The third-order valence-electron chi connectivity index (χ3n) is 3.09. The monoisotopic (exact) mass is 279 g/mol. The van der Waals surface area contributed by atoms with E-state index in [2.05, 4.69) is 15.4 Å². The van der Waals surface area contributed by atoms with Crippen LogP contribution < -0.4 is 5.73 Å². The standard InChI is InChI=1S/C15H13N5O/c1-10(21)13-9-12(7-8-14(13)16)20-18-15(17-19-20)11-5-3-2-4-6-11/h2-9H,16H2,1H3. The molecule has 21 heavy (non-hydrogen) atoms. The highest BCUT2D eigenvalue weighted by atomic mass is 16.1. The number of ketones is 1. The molecule has 1 aromatic heterocycles. The first-order valence-corrected chi connectivity index (χ1v) is 6.41. The van der Waals surface area contributed by atoms with E-state index in [0.29, 0.717) is 22.8 Å². The third-order valence-corrected chi connectivity index (χ3v) is 3.09. The summed E-state index contributed by atoms with van der Waals surface area (Å²) in [5.41, 5.74) is 8.19. The number of nitrogens with zero attached hydrogens (tertiary/aromatic N) is 4. The van der Waals surface area contributed by atoms with E-state index < -0.39 is 0 Å². The molecule has 0 saturated carbocycles. The van der Waals surface area contributed by atoms with E-state index in [1.54, 1.807) is 18.2 Å². The number of tetrazole rings is 1. The summed E-state index contributed by atoms with van der Waals surface area (Å²) in [6, 6.07) is 14.6. The van der Waals surface area contributed by atoms with Crippen LogP contribution in [-0.2, 0) is 0 Å². The molecule has 6 heteroatoms. The largest absolute Gasteiger partial charge is 0.398 e. The molecule has 3 rings (SSSR count). The van der Waals surface area contributed by atoms with Gasteiger partial charge in [-0.2, -0.15) is 0 Å². The number of nitrogen functional groups attached to an aromatic ring is 1. The predicted octanol–water partition coefficient (Wildman–Crippen LogP) is 2.11. The number of nitrogens with two attached hydrogens (primary N) is 1. The van der Waals surface area contributed by atoms with Crippen molar-refractivity contribution in [1.29, 1.82) is 0 Å². The van der Waals surface area contributed by atoms with Gasteiger partial charge >= 0.3 is 0 Å². The summed E-state index contributed by atoms with van der Waals surface area (Å²) in [5.74, 6) is 0.426. The van der Waals surface area contributed by atoms with Crippen molar-refractivity contribution in [2.24, 2.45) is 0 Å². The molecule has 0 unspecified atom stereocenters. The van der Waals surface area contributed by atoms with Gasteiger partial charge in [0, 0.05) is 16.8 Å². The zero-order valence-corrected chi connectivity index (χ0v) is 11.4.